The van der Waals surface area contributed by atoms with E-state index in [-0.39, 0.29) is 13.1 Å². The van der Waals surface area contributed by atoms with Gasteiger partial charge in [-0.2, -0.15) is 0 Å². The first-order chi connectivity index (χ1) is 8.61. The van der Waals surface area contributed by atoms with E-state index in [0.717, 1.165) is 4.90 Å². The first kappa shape index (κ1) is 16.2. The number of ether oxygens (including phenoxy) is 2. The highest BCUT2D eigenvalue weighted by Crippen LogP contribution is 1.89. The van der Waals surface area contributed by atoms with Gasteiger partial charge >= 0.3 is 12.0 Å². The molecular weight excluding hydrogens is 240 g/mol. The number of carbonyl (C=O) groups is 2. The van der Waals surface area contributed by atoms with Gasteiger partial charge in [0.1, 0.15) is 6.54 Å². The van der Waals surface area contributed by atoms with Gasteiger partial charge in [-0.1, -0.05) is 5.92 Å². The molecule has 2 amide bonds. The van der Waals surface area contributed by atoms with E-state index in [1.807, 2.05) is 0 Å². The van der Waals surface area contributed by atoms with E-state index in [9.17, 15) is 9.59 Å². The number of aliphatic carboxylic acids is 1. The highest BCUT2D eigenvalue weighted by molar-refractivity contribution is 5.80. The number of hydrogen-bond donors (Lipinski definition) is 2. The number of nitrogens with one attached hydrogen (secondary N) is 1. The number of nitrogens with zero attached hydrogens (tertiary/aromatic N) is 1. The van der Waals surface area contributed by atoms with Crippen LogP contribution in [0.15, 0.2) is 0 Å². The zero-order valence-electron chi connectivity index (χ0n) is 10.3. The molecule has 0 saturated heterocycles. The van der Waals surface area contributed by atoms with Gasteiger partial charge in [-0.05, 0) is 0 Å². The van der Waals surface area contributed by atoms with Gasteiger partial charge in [0.25, 0.3) is 0 Å². The van der Waals surface area contributed by atoms with E-state index >= 15 is 0 Å². The van der Waals surface area contributed by atoms with E-state index in [1.165, 1.54) is 0 Å². The SMILES string of the molecule is C#CCN(CC(=O)O)C(=O)NCCOCCOC. The lowest BCUT2D eigenvalue weighted by Gasteiger charge is -2.18. The van der Waals surface area contributed by atoms with Gasteiger partial charge in [0.2, 0.25) is 0 Å². The first-order valence-electron chi connectivity index (χ1n) is 5.36. The summed E-state index contributed by atoms with van der Waals surface area (Å²) in [6, 6.07) is -0.523. The van der Waals surface area contributed by atoms with E-state index in [0.29, 0.717) is 19.8 Å². The Hall–Kier alpha value is -1.78. The highest BCUT2D eigenvalue weighted by Gasteiger charge is 2.14. The van der Waals surface area contributed by atoms with Gasteiger partial charge in [0.15, 0.2) is 0 Å². The van der Waals surface area contributed by atoms with Crippen molar-refractivity contribution in [2.24, 2.45) is 0 Å². The molecule has 0 aromatic rings. The number of amides is 2. The summed E-state index contributed by atoms with van der Waals surface area (Å²) in [6.07, 6.45) is 5.05. The van der Waals surface area contributed by atoms with Crippen LogP contribution in [0.2, 0.25) is 0 Å². The maximum atomic E-state index is 11.5. The minimum Gasteiger partial charge on any atom is -0.480 e. The summed E-state index contributed by atoms with van der Waals surface area (Å²) >= 11 is 0. The molecule has 7 heteroatoms. The summed E-state index contributed by atoms with van der Waals surface area (Å²) in [5.74, 6) is 1.11. The Bertz CT molecular complexity index is 300. The quantitative estimate of drug-likeness (QED) is 0.425. The molecule has 18 heavy (non-hydrogen) atoms. The fourth-order valence-corrected chi connectivity index (χ4v) is 1.06. The van der Waals surface area contributed by atoms with Crippen LogP contribution >= 0.6 is 0 Å². The van der Waals surface area contributed by atoms with Crippen molar-refractivity contribution in [3.63, 3.8) is 0 Å². The van der Waals surface area contributed by atoms with Gasteiger partial charge in [0.05, 0.1) is 26.4 Å². The lowest BCUT2D eigenvalue weighted by molar-refractivity contribution is -0.137. The van der Waals surface area contributed by atoms with Gasteiger partial charge in [-0.15, -0.1) is 6.42 Å². The predicted octanol–water partition coefficient (Wildman–Crippen LogP) is -0.621. The predicted molar refractivity (Wildman–Crippen MR) is 64.1 cm³/mol. The Labute approximate surface area is 106 Å². The van der Waals surface area contributed by atoms with Crippen molar-refractivity contribution in [1.82, 2.24) is 10.2 Å². The second kappa shape index (κ2) is 10.4. The van der Waals surface area contributed by atoms with Gasteiger partial charge < -0.3 is 24.8 Å². The van der Waals surface area contributed by atoms with Gasteiger partial charge in [-0.3, -0.25) is 4.79 Å². The second-order valence-corrected chi connectivity index (χ2v) is 3.29. The third kappa shape index (κ3) is 8.38. The molecule has 0 heterocycles. The van der Waals surface area contributed by atoms with Crippen molar-refractivity contribution in [1.29, 1.82) is 0 Å². The monoisotopic (exact) mass is 258 g/mol. The first-order valence-corrected chi connectivity index (χ1v) is 5.36. The molecule has 0 aliphatic rings. The molecule has 0 bridgehead atoms. The largest absolute Gasteiger partial charge is 0.480 e. The standard InChI is InChI=1S/C11H18N2O5/c1-3-5-13(9-10(14)15)11(16)12-4-6-18-8-7-17-2/h1H,4-9H2,2H3,(H,12,16)(H,14,15). The van der Waals surface area contributed by atoms with Crippen LogP contribution in [0.4, 0.5) is 4.79 Å². The van der Waals surface area contributed by atoms with E-state index < -0.39 is 18.5 Å². The molecule has 102 valence electrons. The van der Waals surface area contributed by atoms with E-state index in [4.69, 9.17) is 21.0 Å². The lowest BCUT2D eigenvalue weighted by atomic mass is 10.5. The summed E-state index contributed by atoms with van der Waals surface area (Å²) in [5.41, 5.74) is 0. The maximum Gasteiger partial charge on any atom is 0.323 e. The van der Waals surface area contributed by atoms with Crippen LogP contribution in [-0.2, 0) is 14.3 Å². The number of carboxylic acid groups (broad SMARTS) is 1. The van der Waals surface area contributed by atoms with Gasteiger partial charge in [-0.25, -0.2) is 4.79 Å². The molecule has 7 nitrogen and oxygen atoms in total. The van der Waals surface area contributed by atoms with Crippen molar-refractivity contribution in [2.45, 2.75) is 0 Å². The van der Waals surface area contributed by atoms with Crippen LogP contribution in [0, 0.1) is 12.3 Å². The number of carbonyl (C=O) groups excluding carboxylic acids is 1. The third-order valence-corrected chi connectivity index (χ3v) is 1.85. The van der Waals surface area contributed by atoms with Crippen LogP contribution in [0.3, 0.4) is 0 Å². The molecule has 0 aromatic carbocycles. The summed E-state index contributed by atoms with van der Waals surface area (Å²) in [6.45, 7) is 1.05. The topological polar surface area (TPSA) is 88.1 Å². The number of terminal acetylenes is 1. The summed E-state index contributed by atoms with van der Waals surface area (Å²) in [7, 11) is 1.56. The minimum atomic E-state index is -1.11. The Morgan fingerprint density at radius 1 is 1.39 bits per heavy atom. The maximum absolute atomic E-state index is 11.5. The molecule has 0 aliphatic heterocycles. The van der Waals surface area contributed by atoms with Crippen LogP contribution in [0.25, 0.3) is 0 Å². The Balaban J connectivity index is 3.82. The van der Waals surface area contributed by atoms with Crippen molar-refractivity contribution in [3.8, 4) is 12.3 Å². The van der Waals surface area contributed by atoms with Crippen LogP contribution < -0.4 is 5.32 Å². The molecule has 0 radical (unpaired) electrons. The Morgan fingerprint density at radius 3 is 2.67 bits per heavy atom. The van der Waals surface area contributed by atoms with E-state index in [1.54, 1.807) is 7.11 Å². The average Bonchev–Trinajstić information content (AvgIpc) is 2.32. The molecular formula is C11H18N2O5. The third-order valence-electron chi connectivity index (χ3n) is 1.85. The fourth-order valence-electron chi connectivity index (χ4n) is 1.06. The van der Waals surface area contributed by atoms with E-state index in [2.05, 4.69) is 11.2 Å². The molecule has 0 aliphatic carbocycles. The number of urea groups is 1. The summed E-state index contributed by atoms with van der Waals surface area (Å²) in [5, 5.41) is 11.1. The Morgan fingerprint density at radius 2 is 2.11 bits per heavy atom. The summed E-state index contributed by atoms with van der Waals surface area (Å²) < 4.78 is 9.91. The molecule has 0 fully saturated rings. The number of rotatable bonds is 9. The molecule has 0 rings (SSSR count). The normalized spacial score (nSPS) is 9.56. The van der Waals surface area contributed by atoms with Crippen LogP contribution in [-0.4, -0.2) is 68.6 Å². The van der Waals surface area contributed by atoms with Crippen molar-refractivity contribution < 1.29 is 24.2 Å². The number of hydrogen-bond acceptors (Lipinski definition) is 4. The van der Waals surface area contributed by atoms with Crippen LogP contribution in [0.5, 0.6) is 0 Å². The minimum absolute atomic E-state index is 0.0529. The molecule has 0 atom stereocenters. The van der Waals surface area contributed by atoms with Crippen molar-refractivity contribution in [2.75, 3.05) is 46.6 Å². The molecule has 0 saturated carbocycles. The van der Waals surface area contributed by atoms with Crippen LogP contribution in [0.1, 0.15) is 0 Å². The Kier molecular flexibility index (Phi) is 9.35. The van der Waals surface area contributed by atoms with Crippen molar-refractivity contribution in [3.05, 3.63) is 0 Å². The lowest BCUT2D eigenvalue weighted by Crippen LogP contribution is -2.44. The molecule has 0 aromatic heterocycles. The zero-order valence-corrected chi connectivity index (χ0v) is 10.3. The molecule has 0 spiro atoms. The second-order valence-electron chi connectivity index (χ2n) is 3.29. The zero-order chi connectivity index (χ0) is 13.8. The number of methoxy groups -OCH3 is 1. The summed E-state index contributed by atoms with van der Waals surface area (Å²) in [4.78, 5) is 23.1. The number of carboxylic acids is 1. The highest BCUT2D eigenvalue weighted by atomic mass is 16.5. The smallest absolute Gasteiger partial charge is 0.323 e. The molecule has 0 unspecified atom stereocenters. The average molecular weight is 258 g/mol. The van der Waals surface area contributed by atoms with Gasteiger partial charge in [0, 0.05) is 13.7 Å². The fraction of sp³-hybridized carbons (Fsp3) is 0.636. The van der Waals surface area contributed by atoms with Crippen molar-refractivity contribution >= 4 is 12.0 Å². The molecule has 2 N–H and O–H groups in total.